The fourth-order valence-electron chi connectivity index (χ4n) is 0.972. The summed E-state index contributed by atoms with van der Waals surface area (Å²) in [5, 5.41) is 7.57. The van der Waals surface area contributed by atoms with Gasteiger partial charge in [-0.3, -0.25) is 0 Å². The zero-order chi connectivity index (χ0) is 11.5. The Kier molecular flexibility index (Phi) is 3.87. The second-order valence-electron chi connectivity index (χ2n) is 3.29. The van der Waals surface area contributed by atoms with Crippen molar-refractivity contribution < 1.29 is 8.42 Å². The molecule has 1 rings (SSSR count). The van der Waals surface area contributed by atoms with E-state index in [0.29, 0.717) is 11.7 Å². The van der Waals surface area contributed by atoms with Crippen LogP contribution in [0, 0.1) is 0 Å². The molecule has 0 aromatic carbocycles. The van der Waals surface area contributed by atoms with Crippen LogP contribution in [-0.4, -0.2) is 44.2 Å². The molecule has 0 atom stereocenters. The van der Waals surface area contributed by atoms with Gasteiger partial charge < -0.3 is 4.90 Å². The number of hydrogen-bond donors (Lipinski definition) is 0. The zero-order valence-electron chi connectivity index (χ0n) is 8.51. The molecule has 0 saturated carbocycles. The summed E-state index contributed by atoms with van der Waals surface area (Å²) >= 11 is 5.66. The van der Waals surface area contributed by atoms with Crippen LogP contribution in [-0.2, 0) is 9.84 Å². The van der Waals surface area contributed by atoms with Crippen molar-refractivity contribution in [2.45, 2.75) is 0 Å². The predicted molar refractivity (Wildman–Crippen MR) is 60.0 cm³/mol. The Bertz CT molecular complexity index is 435. The molecule has 7 heteroatoms. The molecule has 0 N–H and O–H groups in total. The third kappa shape index (κ3) is 4.44. The number of nitrogens with zero attached hydrogens (tertiary/aromatic N) is 3. The Morgan fingerprint density at radius 3 is 2.73 bits per heavy atom. The van der Waals surface area contributed by atoms with Gasteiger partial charge in [-0.1, -0.05) is 11.6 Å². The summed E-state index contributed by atoms with van der Waals surface area (Å²) in [7, 11) is -1.17. The minimum Gasteiger partial charge on any atom is -0.372 e. The van der Waals surface area contributed by atoms with Crippen LogP contribution in [0.1, 0.15) is 0 Å². The zero-order valence-corrected chi connectivity index (χ0v) is 10.1. The standard InChI is InChI=1S/C8H12ClN3O2S/c1-12(3-4-15(2,13)14)7-5-8(9)11-10-6-7/h5-6H,3-4H2,1-2H3. The topological polar surface area (TPSA) is 63.2 Å². The molecular formula is C8H12ClN3O2S. The van der Waals surface area contributed by atoms with E-state index in [-0.39, 0.29) is 5.75 Å². The van der Waals surface area contributed by atoms with Crippen molar-refractivity contribution >= 4 is 27.1 Å². The van der Waals surface area contributed by atoms with Gasteiger partial charge in [-0.2, -0.15) is 5.10 Å². The van der Waals surface area contributed by atoms with E-state index in [9.17, 15) is 8.42 Å². The van der Waals surface area contributed by atoms with Crippen LogP contribution in [0.5, 0.6) is 0 Å². The maximum Gasteiger partial charge on any atom is 0.153 e. The van der Waals surface area contributed by atoms with Crippen molar-refractivity contribution in [3.63, 3.8) is 0 Å². The van der Waals surface area contributed by atoms with E-state index >= 15 is 0 Å². The molecule has 0 radical (unpaired) electrons. The van der Waals surface area contributed by atoms with Gasteiger partial charge in [0.1, 0.15) is 9.84 Å². The molecule has 0 aliphatic carbocycles. The first-order chi connectivity index (χ1) is 6.88. The molecule has 0 saturated heterocycles. The lowest BCUT2D eigenvalue weighted by atomic mass is 10.4. The van der Waals surface area contributed by atoms with Gasteiger partial charge in [0, 0.05) is 25.9 Å². The van der Waals surface area contributed by atoms with Gasteiger partial charge in [0.2, 0.25) is 0 Å². The molecular weight excluding hydrogens is 238 g/mol. The SMILES string of the molecule is CN(CCS(C)(=O)=O)c1cnnc(Cl)c1. The molecule has 1 heterocycles. The van der Waals surface area contributed by atoms with Gasteiger partial charge in [-0.05, 0) is 0 Å². The first-order valence-electron chi connectivity index (χ1n) is 4.25. The van der Waals surface area contributed by atoms with E-state index in [2.05, 4.69) is 10.2 Å². The monoisotopic (exact) mass is 249 g/mol. The summed E-state index contributed by atoms with van der Waals surface area (Å²) in [6.45, 7) is 0.404. The van der Waals surface area contributed by atoms with E-state index in [0.717, 1.165) is 5.69 Å². The maximum atomic E-state index is 11.0. The van der Waals surface area contributed by atoms with E-state index < -0.39 is 9.84 Å². The minimum atomic E-state index is -2.95. The van der Waals surface area contributed by atoms with Gasteiger partial charge in [0.25, 0.3) is 0 Å². The number of halogens is 1. The number of rotatable bonds is 4. The molecule has 0 bridgehead atoms. The van der Waals surface area contributed by atoms with Crippen LogP contribution < -0.4 is 4.90 Å². The summed E-state index contributed by atoms with van der Waals surface area (Å²) in [4.78, 5) is 1.77. The van der Waals surface area contributed by atoms with Crippen molar-refractivity contribution in [3.05, 3.63) is 17.4 Å². The Morgan fingerprint density at radius 1 is 1.53 bits per heavy atom. The summed E-state index contributed by atoms with van der Waals surface area (Å²) in [5.41, 5.74) is 0.749. The maximum absolute atomic E-state index is 11.0. The smallest absolute Gasteiger partial charge is 0.153 e. The summed E-state index contributed by atoms with van der Waals surface area (Å²) < 4.78 is 21.9. The Labute approximate surface area is 94.0 Å². The molecule has 1 aromatic rings. The molecule has 0 aliphatic heterocycles. The van der Waals surface area contributed by atoms with E-state index in [1.165, 1.54) is 12.5 Å². The summed E-state index contributed by atoms with van der Waals surface area (Å²) in [6.07, 6.45) is 2.74. The predicted octanol–water partition coefficient (Wildman–Crippen LogP) is 0.611. The van der Waals surface area contributed by atoms with E-state index in [4.69, 9.17) is 11.6 Å². The molecule has 0 aliphatic rings. The third-order valence-corrected chi connectivity index (χ3v) is 2.96. The highest BCUT2D eigenvalue weighted by molar-refractivity contribution is 7.90. The van der Waals surface area contributed by atoms with E-state index in [1.54, 1.807) is 18.0 Å². The van der Waals surface area contributed by atoms with Crippen molar-refractivity contribution in [1.29, 1.82) is 0 Å². The fourth-order valence-corrected chi connectivity index (χ4v) is 1.73. The van der Waals surface area contributed by atoms with Crippen LogP contribution >= 0.6 is 11.6 Å². The largest absolute Gasteiger partial charge is 0.372 e. The van der Waals surface area contributed by atoms with Gasteiger partial charge in [-0.25, -0.2) is 8.42 Å². The normalized spacial score (nSPS) is 11.4. The highest BCUT2D eigenvalue weighted by Gasteiger charge is 2.07. The quantitative estimate of drug-likeness (QED) is 0.783. The average Bonchev–Trinajstić information content (AvgIpc) is 2.13. The van der Waals surface area contributed by atoms with E-state index in [1.807, 2.05) is 0 Å². The highest BCUT2D eigenvalue weighted by Crippen LogP contribution is 2.13. The number of hydrogen-bond acceptors (Lipinski definition) is 5. The van der Waals surface area contributed by atoms with Crippen LogP contribution in [0.3, 0.4) is 0 Å². The van der Waals surface area contributed by atoms with Crippen LogP contribution in [0.2, 0.25) is 5.15 Å². The number of sulfone groups is 1. The molecule has 15 heavy (non-hydrogen) atoms. The first kappa shape index (κ1) is 12.2. The molecule has 0 unspecified atom stereocenters. The fraction of sp³-hybridized carbons (Fsp3) is 0.500. The van der Waals surface area contributed by atoms with Gasteiger partial charge in [0.15, 0.2) is 5.15 Å². The van der Waals surface area contributed by atoms with Crippen molar-refractivity contribution in [1.82, 2.24) is 10.2 Å². The molecule has 1 aromatic heterocycles. The summed E-state index contributed by atoms with van der Waals surface area (Å²) in [5.74, 6) is 0.101. The van der Waals surface area contributed by atoms with Crippen LogP contribution in [0.15, 0.2) is 12.3 Å². The second kappa shape index (κ2) is 4.76. The second-order valence-corrected chi connectivity index (χ2v) is 5.93. The van der Waals surface area contributed by atoms with Crippen LogP contribution in [0.25, 0.3) is 0 Å². The number of aromatic nitrogens is 2. The number of anilines is 1. The lowest BCUT2D eigenvalue weighted by molar-refractivity contribution is 0.601. The Morgan fingerprint density at radius 2 is 2.20 bits per heavy atom. The Balaban J connectivity index is 2.65. The average molecular weight is 250 g/mol. The molecule has 84 valence electrons. The van der Waals surface area contributed by atoms with Crippen molar-refractivity contribution in [2.24, 2.45) is 0 Å². The van der Waals surface area contributed by atoms with Crippen molar-refractivity contribution in [2.75, 3.05) is 30.5 Å². The molecule has 0 spiro atoms. The molecule has 0 amide bonds. The highest BCUT2D eigenvalue weighted by atomic mass is 35.5. The van der Waals surface area contributed by atoms with Gasteiger partial charge in [-0.15, -0.1) is 5.10 Å². The van der Waals surface area contributed by atoms with Gasteiger partial charge in [0.05, 0.1) is 17.6 Å². The van der Waals surface area contributed by atoms with Crippen LogP contribution in [0.4, 0.5) is 5.69 Å². The lowest BCUT2D eigenvalue weighted by Crippen LogP contribution is -2.25. The molecule has 5 nitrogen and oxygen atoms in total. The first-order valence-corrected chi connectivity index (χ1v) is 6.69. The minimum absolute atomic E-state index is 0.101. The lowest BCUT2D eigenvalue weighted by Gasteiger charge is -2.17. The third-order valence-electron chi connectivity index (χ3n) is 1.85. The van der Waals surface area contributed by atoms with Gasteiger partial charge >= 0.3 is 0 Å². The van der Waals surface area contributed by atoms with Crippen molar-refractivity contribution in [3.8, 4) is 0 Å². The summed E-state index contributed by atoms with van der Waals surface area (Å²) in [6, 6.07) is 1.64. The Hall–Kier alpha value is -0.880. The molecule has 0 fully saturated rings.